The van der Waals surface area contributed by atoms with Crippen molar-refractivity contribution in [2.24, 2.45) is 5.92 Å². The Morgan fingerprint density at radius 1 is 1.47 bits per heavy atom. The Labute approximate surface area is 98.8 Å². The van der Waals surface area contributed by atoms with Gasteiger partial charge >= 0.3 is 6.03 Å². The number of amides is 3. The van der Waals surface area contributed by atoms with E-state index in [9.17, 15) is 9.59 Å². The van der Waals surface area contributed by atoms with Crippen LogP contribution in [0.15, 0.2) is 6.33 Å². The molecule has 1 aromatic rings. The van der Waals surface area contributed by atoms with E-state index in [1.165, 1.54) is 11.2 Å². The molecule has 1 fully saturated rings. The first kappa shape index (κ1) is 11.6. The Kier molecular flexibility index (Phi) is 3.08. The van der Waals surface area contributed by atoms with Crippen molar-refractivity contribution < 1.29 is 9.59 Å². The number of rotatable bonds is 4. The fraction of sp³-hybridized carbons (Fsp3) is 0.600. The van der Waals surface area contributed by atoms with E-state index in [4.69, 9.17) is 0 Å². The van der Waals surface area contributed by atoms with Gasteiger partial charge in [0.25, 0.3) is 0 Å². The summed E-state index contributed by atoms with van der Waals surface area (Å²) in [6.07, 6.45) is 1.47. The lowest BCUT2D eigenvalue weighted by atomic mass is 10.2. The summed E-state index contributed by atoms with van der Waals surface area (Å²) < 4.78 is 1.76. The topological polar surface area (TPSA) is 80.1 Å². The smallest absolute Gasteiger partial charge is 0.308 e. The average Bonchev–Trinajstić information content (AvgIpc) is 2.75. The fourth-order valence-electron chi connectivity index (χ4n) is 1.69. The van der Waals surface area contributed by atoms with Crippen molar-refractivity contribution in [2.75, 3.05) is 6.54 Å². The van der Waals surface area contributed by atoms with Gasteiger partial charge in [0.1, 0.15) is 18.7 Å². The maximum atomic E-state index is 11.4. The maximum absolute atomic E-state index is 11.4. The van der Waals surface area contributed by atoms with E-state index >= 15 is 0 Å². The molecule has 92 valence electrons. The lowest BCUT2D eigenvalue weighted by Crippen LogP contribution is -2.29. The Morgan fingerprint density at radius 3 is 2.82 bits per heavy atom. The Hall–Kier alpha value is -1.92. The van der Waals surface area contributed by atoms with Crippen LogP contribution in [0.2, 0.25) is 0 Å². The van der Waals surface area contributed by atoms with E-state index in [1.807, 2.05) is 0 Å². The van der Waals surface area contributed by atoms with Crippen molar-refractivity contribution in [3.63, 3.8) is 0 Å². The first-order chi connectivity index (χ1) is 8.06. The van der Waals surface area contributed by atoms with Crippen LogP contribution >= 0.6 is 0 Å². The predicted octanol–water partition coefficient (Wildman–Crippen LogP) is -0.0141. The molecule has 0 aromatic carbocycles. The van der Waals surface area contributed by atoms with Gasteiger partial charge in [-0.25, -0.2) is 14.5 Å². The van der Waals surface area contributed by atoms with Crippen LogP contribution in [-0.2, 0) is 17.9 Å². The van der Waals surface area contributed by atoms with Crippen LogP contribution in [0.3, 0.4) is 0 Å². The summed E-state index contributed by atoms with van der Waals surface area (Å²) in [4.78, 5) is 28.0. The highest BCUT2D eigenvalue weighted by Crippen LogP contribution is 2.07. The first-order valence-corrected chi connectivity index (χ1v) is 5.51. The highest BCUT2D eigenvalue weighted by Gasteiger charge is 2.27. The van der Waals surface area contributed by atoms with Crippen molar-refractivity contribution in [3.8, 4) is 0 Å². The SMILES string of the molecule is CC(C)Cn1ncnc1CN1CC(=O)NC1=O. The van der Waals surface area contributed by atoms with Gasteiger partial charge < -0.3 is 4.90 Å². The third kappa shape index (κ3) is 2.61. The van der Waals surface area contributed by atoms with Gasteiger partial charge in [0.2, 0.25) is 5.91 Å². The van der Waals surface area contributed by atoms with Crippen molar-refractivity contribution in [1.29, 1.82) is 0 Å². The quantitative estimate of drug-likeness (QED) is 0.747. The molecular weight excluding hydrogens is 222 g/mol. The van der Waals surface area contributed by atoms with Gasteiger partial charge in [0, 0.05) is 6.54 Å². The van der Waals surface area contributed by atoms with E-state index in [0.717, 1.165) is 6.54 Å². The molecule has 7 heteroatoms. The van der Waals surface area contributed by atoms with E-state index < -0.39 is 0 Å². The number of carbonyl (C=O) groups is 2. The van der Waals surface area contributed by atoms with Gasteiger partial charge in [-0.15, -0.1) is 0 Å². The molecule has 0 radical (unpaired) electrons. The summed E-state index contributed by atoms with van der Waals surface area (Å²) in [7, 11) is 0. The Morgan fingerprint density at radius 2 is 2.24 bits per heavy atom. The summed E-state index contributed by atoms with van der Waals surface area (Å²) in [5, 5.41) is 6.33. The predicted molar refractivity (Wildman–Crippen MR) is 58.8 cm³/mol. The van der Waals surface area contributed by atoms with E-state index in [1.54, 1.807) is 4.68 Å². The second-order valence-electron chi connectivity index (χ2n) is 4.46. The highest BCUT2D eigenvalue weighted by atomic mass is 16.2. The normalized spacial score (nSPS) is 15.8. The molecular formula is C10H15N5O2. The average molecular weight is 237 g/mol. The Bertz CT molecular complexity index is 440. The second kappa shape index (κ2) is 4.52. The third-order valence-corrected chi connectivity index (χ3v) is 2.43. The molecule has 0 unspecified atom stereocenters. The number of nitrogens with one attached hydrogen (secondary N) is 1. The van der Waals surface area contributed by atoms with Gasteiger partial charge in [-0.1, -0.05) is 13.8 Å². The zero-order valence-electron chi connectivity index (χ0n) is 9.88. The fourth-order valence-corrected chi connectivity index (χ4v) is 1.69. The third-order valence-electron chi connectivity index (χ3n) is 2.43. The molecule has 1 aliphatic heterocycles. The van der Waals surface area contributed by atoms with Crippen LogP contribution in [0.25, 0.3) is 0 Å². The number of aromatic nitrogens is 3. The summed E-state index contributed by atoms with van der Waals surface area (Å²) in [5.41, 5.74) is 0. The number of hydrogen-bond acceptors (Lipinski definition) is 4. The number of carbonyl (C=O) groups excluding carboxylic acids is 2. The molecule has 3 amide bonds. The van der Waals surface area contributed by atoms with Crippen molar-refractivity contribution in [2.45, 2.75) is 26.9 Å². The van der Waals surface area contributed by atoms with Crippen molar-refractivity contribution in [1.82, 2.24) is 25.0 Å². The molecule has 2 rings (SSSR count). The molecule has 1 saturated heterocycles. The molecule has 0 bridgehead atoms. The number of urea groups is 1. The Balaban J connectivity index is 2.06. The molecule has 1 aliphatic rings. The van der Waals surface area contributed by atoms with Crippen molar-refractivity contribution in [3.05, 3.63) is 12.2 Å². The van der Waals surface area contributed by atoms with Crippen LogP contribution < -0.4 is 5.32 Å². The van der Waals surface area contributed by atoms with Crippen LogP contribution in [0.4, 0.5) is 4.79 Å². The number of imide groups is 1. The van der Waals surface area contributed by atoms with Gasteiger partial charge in [0.15, 0.2) is 0 Å². The molecule has 1 N–H and O–H groups in total. The molecule has 0 saturated carbocycles. The minimum absolute atomic E-state index is 0.0906. The summed E-state index contributed by atoms with van der Waals surface area (Å²) in [6, 6.07) is -0.367. The van der Waals surface area contributed by atoms with Crippen molar-refractivity contribution >= 4 is 11.9 Å². The maximum Gasteiger partial charge on any atom is 0.324 e. The molecule has 0 spiro atoms. The van der Waals surface area contributed by atoms with Crippen LogP contribution in [0, 0.1) is 5.92 Å². The lowest BCUT2D eigenvalue weighted by Gasteiger charge is -2.14. The second-order valence-corrected chi connectivity index (χ2v) is 4.46. The largest absolute Gasteiger partial charge is 0.324 e. The minimum atomic E-state index is -0.367. The zero-order chi connectivity index (χ0) is 12.4. The molecule has 17 heavy (non-hydrogen) atoms. The van der Waals surface area contributed by atoms with Gasteiger partial charge in [-0.05, 0) is 5.92 Å². The minimum Gasteiger partial charge on any atom is -0.308 e. The molecule has 2 heterocycles. The number of hydrogen-bond donors (Lipinski definition) is 1. The molecule has 0 aliphatic carbocycles. The van der Waals surface area contributed by atoms with Crippen LogP contribution in [0.1, 0.15) is 19.7 Å². The molecule has 1 aromatic heterocycles. The van der Waals surface area contributed by atoms with Crippen LogP contribution in [-0.4, -0.2) is 38.1 Å². The van der Waals surface area contributed by atoms with Gasteiger partial charge in [-0.2, -0.15) is 5.10 Å². The lowest BCUT2D eigenvalue weighted by molar-refractivity contribution is -0.118. The van der Waals surface area contributed by atoms with Gasteiger partial charge in [-0.3, -0.25) is 10.1 Å². The van der Waals surface area contributed by atoms with Gasteiger partial charge in [0.05, 0.1) is 6.54 Å². The van der Waals surface area contributed by atoms with E-state index in [0.29, 0.717) is 18.3 Å². The monoisotopic (exact) mass is 237 g/mol. The summed E-state index contributed by atoms with van der Waals surface area (Å²) in [6.45, 7) is 5.31. The first-order valence-electron chi connectivity index (χ1n) is 5.51. The van der Waals surface area contributed by atoms with Crippen LogP contribution in [0.5, 0.6) is 0 Å². The van der Waals surface area contributed by atoms with E-state index in [-0.39, 0.29) is 18.5 Å². The highest BCUT2D eigenvalue weighted by molar-refractivity contribution is 6.01. The molecule has 7 nitrogen and oxygen atoms in total. The molecule has 0 atom stereocenters. The summed E-state index contributed by atoms with van der Waals surface area (Å²) >= 11 is 0. The number of nitrogens with zero attached hydrogens (tertiary/aromatic N) is 4. The standard InChI is InChI=1S/C10H15N5O2/c1-7(2)3-15-8(11-6-12-15)4-14-5-9(16)13-10(14)17/h6-7H,3-5H2,1-2H3,(H,13,16,17). The zero-order valence-corrected chi connectivity index (χ0v) is 9.88. The summed E-state index contributed by atoms with van der Waals surface area (Å²) in [5.74, 6) is 0.873. The van der Waals surface area contributed by atoms with E-state index in [2.05, 4.69) is 29.2 Å².